The van der Waals surface area contributed by atoms with Crippen LogP contribution in [0.3, 0.4) is 0 Å². The molecule has 2 amide bonds. The predicted molar refractivity (Wildman–Crippen MR) is 81.8 cm³/mol. The fraction of sp³-hybridized carbons (Fsp3) is 0.533. The lowest BCUT2D eigenvalue weighted by Crippen LogP contribution is -2.43. The summed E-state index contributed by atoms with van der Waals surface area (Å²) in [6, 6.07) is 7.45. The number of likely N-dealkylation sites (N-methyl/N-ethyl adjacent to an activating group) is 1. The van der Waals surface area contributed by atoms with Crippen molar-refractivity contribution in [1.82, 2.24) is 4.90 Å². The van der Waals surface area contributed by atoms with Gasteiger partial charge in [-0.25, -0.2) is 4.79 Å². The van der Waals surface area contributed by atoms with Gasteiger partial charge < -0.3 is 20.7 Å². The van der Waals surface area contributed by atoms with Crippen molar-refractivity contribution in [3.63, 3.8) is 0 Å². The van der Waals surface area contributed by atoms with Gasteiger partial charge in [-0.3, -0.25) is 0 Å². The Hall–Kier alpha value is -1.59. The highest BCUT2D eigenvalue weighted by Crippen LogP contribution is 2.16. The Kier molecular flexibility index (Phi) is 6.48. The molecule has 0 saturated heterocycles. The molecule has 5 heteroatoms. The topological polar surface area (TPSA) is 67.6 Å². The van der Waals surface area contributed by atoms with Crippen molar-refractivity contribution in [2.75, 3.05) is 25.6 Å². The molecule has 0 spiro atoms. The minimum absolute atomic E-state index is 0.0293. The lowest BCUT2D eigenvalue weighted by atomic mass is 10.1. The van der Waals surface area contributed by atoms with Crippen molar-refractivity contribution in [2.24, 2.45) is 5.73 Å². The van der Waals surface area contributed by atoms with Crippen LogP contribution in [-0.2, 0) is 4.74 Å². The highest BCUT2D eigenvalue weighted by molar-refractivity contribution is 5.89. The van der Waals surface area contributed by atoms with Gasteiger partial charge >= 0.3 is 6.03 Å². The van der Waals surface area contributed by atoms with Crippen LogP contribution in [0, 0.1) is 0 Å². The molecule has 0 aliphatic heterocycles. The zero-order valence-electron chi connectivity index (χ0n) is 12.7. The van der Waals surface area contributed by atoms with Crippen LogP contribution < -0.4 is 11.1 Å². The monoisotopic (exact) mass is 279 g/mol. The van der Waals surface area contributed by atoms with E-state index < -0.39 is 0 Å². The van der Waals surface area contributed by atoms with Gasteiger partial charge in [0.15, 0.2) is 0 Å². The summed E-state index contributed by atoms with van der Waals surface area (Å²) in [6.07, 6.45) is 0. The van der Waals surface area contributed by atoms with Gasteiger partial charge in [-0.2, -0.15) is 0 Å². The van der Waals surface area contributed by atoms with Crippen LogP contribution in [0.25, 0.3) is 0 Å². The molecule has 0 aliphatic carbocycles. The third kappa shape index (κ3) is 4.51. The third-order valence-corrected chi connectivity index (χ3v) is 3.21. The maximum atomic E-state index is 12.3. The molecule has 0 radical (unpaired) electrons. The Labute approximate surface area is 121 Å². The first-order chi connectivity index (χ1) is 9.49. The van der Waals surface area contributed by atoms with Gasteiger partial charge in [0.1, 0.15) is 0 Å². The number of urea groups is 1. The molecule has 0 saturated carbocycles. The van der Waals surface area contributed by atoms with E-state index in [9.17, 15) is 4.79 Å². The van der Waals surface area contributed by atoms with Crippen molar-refractivity contribution >= 4 is 11.7 Å². The molecule has 0 aromatic heterocycles. The molecule has 3 N–H and O–H groups in total. The number of rotatable bonds is 6. The molecule has 1 aromatic rings. The van der Waals surface area contributed by atoms with Crippen LogP contribution in [0.2, 0.25) is 0 Å². The van der Waals surface area contributed by atoms with Crippen molar-refractivity contribution in [1.29, 1.82) is 0 Å². The first-order valence-corrected chi connectivity index (χ1v) is 6.91. The van der Waals surface area contributed by atoms with Gasteiger partial charge in [0.05, 0.1) is 12.6 Å². The molecule has 0 heterocycles. The fourth-order valence-corrected chi connectivity index (χ4v) is 2.08. The van der Waals surface area contributed by atoms with Gasteiger partial charge in [-0.1, -0.05) is 12.1 Å². The van der Waals surface area contributed by atoms with Gasteiger partial charge in [-0.05, 0) is 38.5 Å². The van der Waals surface area contributed by atoms with E-state index in [-0.39, 0.29) is 18.1 Å². The van der Waals surface area contributed by atoms with E-state index in [0.717, 1.165) is 11.3 Å². The van der Waals surface area contributed by atoms with Crippen molar-refractivity contribution in [3.05, 3.63) is 29.8 Å². The van der Waals surface area contributed by atoms with E-state index in [1.165, 1.54) is 0 Å². The summed E-state index contributed by atoms with van der Waals surface area (Å²) in [6.45, 7) is 6.97. The SMILES string of the molecule is CCN(C(=O)Nc1cccc(C(C)N)c1)C(C)COC. The molecule has 0 bridgehead atoms. The van der Waals surface area contributed by atoms with Crippen LogP contribution in [-0.4, -0.2) is 37.2 Å². The molecule has 2 unspecified atom stereocenters. The second kappa shape index (κ2) is 7.87. The standard InChI is InChI=1S/C15H25N3O2/c1-5-18(11(2)10-20-4)15(19)17-14-8-6-7-13(9-14)12(3)16/h6-9,11-12H,5,10,16H2,1-4H3,(H,17,19). The van der Waals surface area contributed by atoms with Crippen LogP contribution >= 0.6 is 0 Å². The lowest BCUT2D eigenvalue weighted by Gasteiger charge is -2.27. The molecule has 2 atom stereocenters. The molecule has 5 nitrogen and oxygen atoms in total. The van der Waals surface area contributed by atoms with Gasteiger partial charge in [0.25, 0.3) is 0 Å². The summed E-state index contributed by atoms with van der Waals surface area (Å²) in [5.41, 5.74) is 7.60. The number of nitrogens with one attached hydrogen (secondary N) is 1. The molecular formula is C15H25N3O2. The third-order valence-electron chi connectivity index (χ3n) is 3.21. The Balaban J connectivity index is 2.75. The normalized spacial score (nSPS) is 13.7. The first-order valence-electron chi connectivity index (χ1n) is 6.91. The van der Waals surface area contributed by atoms with Gasteiger partial charge in [0.2, 0.25) is 0 Å². The number of carbonyl (C=O) groups excluding carboxylic acids is 1. The van der Waals surface area contributed by atoms with Crippen molar-refractivity contribution in [2.45, 2.75) is 32.9 Å². The quantitative estimate of drug-likeness (QED) is 0.841. The number of anilines is 1. The molecule has 0 fully saturated rings. The summed E-state index contributed by atoms with van der Waals surface area (Å²) in [7, 11) is 1.63. The predicted octanol–water partition coefficient (Wildman–Crippen LogP) is 2.60. The van der Waals surface area contributed by atoms with Gasteiger partial charge in [0, 0.05) is 25.4 Å². The van der Waals surface area contributed by atoms with Crippen LogP contribution in [0.5, 0.6) is 0 Å². The second-order valence-electron chi connectivity index (χ2n) is 4.93. The average Bonchev–Trinajstić information content (AvgIpc) is 2.40. The average molecular weight is 279 g/mol. The summed E-state index contributed by atoms with van der Waals surface area (Å²) in [5.74, 6) is 0. The zero-order valence-corrected chi connectivity index (χ0v) is 12.7. The molecular weight excluding hydrogens is 254 g/mol. The largest absolute Gasteiger partial charge is 0.383 e. The van der Waals surface area contributed by atoms with Crippen molar-refractivity contribution in [3.8, 4) is 0 Å². The van der Waals surface area contributed by atoms with Crippen LogP contribution in [0.4, 0.5) is 10.5 Å². The summed E-state index contributed by atoms with van der Waals surface area (Å²) in [4.78, 5) is 14.0. The summed E-state index contributed by atoms with van der Waals surface area (Å²) in [5, 5.41) is 2.90. The number of nitrogens with zero attached hydrogens (tertiary/aromatic N) is 1. The van der Waals surface area contributed by atoms with E-state index in [1.54, 1.807) is 12.0 Å². The Morgan fingerprint density at radius 2 is 2.15 bits per heavy atom. The van der Waals surface area contributed by atoms with E-state index in [4.69, 9.17) is 10.5 Å². The Bertz CT molecular complexity index is 435. The Morgan fingerprint density at radius 3 is 2.70 bits per heavy atom. The van der Waals surface area contributed by atoms with E-state index in [0.29, 0.717) is 13.2 Å². The zero-order chi connectivity index (χ0) is 15.1. The first kappa shape index (κ1) is 16.5. The fourth-order valence-electron chi connectivity index (χ4n) is 2.08. The number of ether oxygens (including phenoxy) is 1. The number of nitrogens with two attached hydrogens (primary N) is 1. The second-order valence-corrected chi connectivity index (χ2v) is 4.93. The molecule has 1 aromatic carbocycles. The minimum Gasteiger partial charge on any atom is -0.383 e. The molecule has 20 heavy (non-hydrogen) atoms. The summed E-state index contributed by atoms with van der Waals surface area (Å²) < 4.78 is 5.10. The van der Waals surface area contributed by atoms with E-state index in [1.807, 2.05) is 45.0 Å². The van der Waals surface area contributed by atoms with Crippen LogP contribution in [0.15, 0.2) is 24.3 Å². The molecule has 1 rings (SSSR count). The highest BCUT2D eigenvalue weighted by Gasteiger charge is 2.18. The van der Waals surface area contributed by atoms with E-state index >= 15 is 0 Å². The molecule has 0 aliphatic rings. The Morgan fingerprint density at radius 1 is 1.45 bits per heavy atom. The van der Waals surface area contributed by atoms with Gasteiger partial charge in [-0.15, -0.1) is 0 Å². The van der Waals surface area contributed by atoms with Crippen LogP contribution in [0.1, 0.15) is 32.4 Å². The lowest BCUT2D eigenvalue weighted by molar-refractivity contribution is 0.119. The maximum Gasteiger partial charge on any atom is 0.322 e. The number of amides is 2. The maximum absolute atomic E-state index is 12.3. The number of benzene rings is 1. The minimum atomic E-state index is -0.126. The smallest absolute Gasteiger partial charge is 0.322 e. The van der Waals surface area contributed by atoms with Crippen molar-refractivity contribution < 1.29 is 9.53 Å². The number of carbonyl (C=O) groups is 1. The highest BCUT2D eigenvalue weighted by atomic mass is 16.5. The number of hydrogen-bond donors (Lipinski definition) is 2. The van der Waals surface area contributed by atoms with E-state index in [2.05, 4.69) is 5.32 Å². The number of hydrogen-bond acceptors (Lipinski definition) is 3. The number of methoxy groups -OCH3 is 1. The summed E-state index contributed by atoms with van der Waals surface area (Å²) >= 11 is 0. The molecule has 112 valence electrons.